The lowest BCUT2D eigenvalue weighted by Gasteiger charge is -2.19. The van der Waals surface area contributed by atoms with Crippen LogP contribution in [-0.4, -0.2) is 47.3 Å². The van der Waals surface area contributed by atoms with Gasteiger partial charge in [0.25, 0.3) is 0 Å². The van der Waals surface area contributed by atoms with Gasteiger partial charge in [-0.1, -0.05) is 24.3 Å². The number of carbonyl (C=O) groups excluding carboxylic acids is 1. The van der Waals surface area contributed by atoms with Gasteiger partial charge in [-0.15, -0.1) is 24.0 Å². The molecule has 0 atom stereocenters. The van der Waals surface area contributed by atoms with Crippen molar-refractivity contribution in [2.75, 3.05) is 20.1 Å². The minimum atomic E-state index is -0.482. The molecule has 1 aromatic carbocycles. The van der Waals surface area contributed by atoms with Gasteiger partial charge in [-0.05, 0) is 38.3 Å². The topological polar surface area (TPSA) is 92.6 Å². The Hall–Kier alpha value is -2.30. The Labute approximate surface area is 195 Å². The summed E-state index contributed by atoms with van der Waals surface area (Å²) in [5.74, 6) is 0.724. The van der Waals surface area contributed by atoms with Crippen LogP contribution in [0.25, 0.3) is 0 Å². The maximum Gasteiger partial charge on any atom is 0.407 e. The zero-order valence-electron chi connectivity index (χ0n) is 18.1. The maximum absolute atomic E-state index is 11.6. The number of aliphatic imine (C=N–C) groups is 1. The Balaban J connectivity index is 0.00000450. The number of ether oxygens (including phenoxy) is 1. The molecule has 2 aromatic rings. The molecule has 0 aliphatic rings. The van der Waals surface area contributed by atoms with Crippen molar-refractivity contribution in [1.29, 1.82) is 0 Å². The molecule has 8 nitrogen and oxygen atoms in total. The van der Waals surface area contributed by atoms with E-state index in [9.17, 15) is 4.79 Å². The van der Waals surface area contributed by atoms with E-state index in [1.807, 2.05) is 37.9 Å². The summed E-state index contributed by atoms with van der Waals surface area (Å²) in [6, 6.07) is 8.42. The van der Waals surface area contributed by atoms with Gasteiger partial charge >= 0.3 is 6.09 Å². The van der Waals surface area contributed by atoms with Crippen LogP contribution in [0.2, 0.25) is 0 Å². The summed E-state index contributed by atoms with van der Waals surface area (Å²) in [6.07, 6.45) is 5.92. The predicted octanol–water partition coefficient (Wildman–Crippen LogP) is 3.13. The van der Waals surface area contributed by atoms with Crippen molar-refractivity contribution >= 4 is 36.0 Å². The van der Waals surface area contributed by atoms with E-state index in [4.69, 9.17) is 4.74 Å². The molecular formula is C21H33IN6O2. The van der Waals surface area contributed by atoms with Crippen molar-refractivity contribution < 1.29 is 9.53 Å². The first-order chi connectivity index (χ1) is 13.9. The van der Waals surface area contributed by atoms with E-state index in [1.165, 1.54) is 11.1 Å². The van der Waals surface area contributed by atoms with Crippen molar-refractivity contribution in [3.05, 3.63) is 54.1 Å². The third kappa shape index (κ3) is 10.5. The molecular weight excluding hydrogens is 495 g/mol. The molecule has 166 valence electrons. The number of hydrogen-bond acceptors (Lipinski definition) is 4. The normalized spacial score (nSPS) is 11.4. The van der Waals surface area contributed by atoms with E-state index in [2.05, 4.69) is 50.2 Å². The smallest absolute Gasteiger partial charge is 0.407 e. The van der Waals surface area contributed by atoms with Crippen LogP contribution in [0.4, 0.5) is 4.79 Å². The van der Waals surface area contributed by atoms with E-state index in [0.29, 0.717) is 19.6 Å². The first kappa shape index (κ1) is 25.7. The van der Waals surface area contributed by atoms with Gasteiger partial charge in [0.2, 0.25) is 0 Å². The second-order valence-corrected chi connectivity index (χ2v) is 7.69. The number of aromatic nitrogens is 2. The number of hydrogen-bond donors (Lipinski definition) is 3. The van der Waals surface area contributed by atoms with Crippen LogP contribution >= 0.6 is 24.0 Å². The van der Waals surface area contributed by atoms with Gasteiger partial charge in [-0.2, -0.15) is 0 Å². The Bertz CT molecular complexity index is 787. The summed E-state index contributed by atoms with van der Waals surface area (Å²) in [6.45, 7) is 8.23. The highest BCUT2D eigenvalue weighted by Crippen LogP contribution is 2.07. The van der Waals surface area contributed by atoms with Gasteiger partial charge in [-0.25, -0.2) is 9.78 Å². The lowest BCUT2D eigenvalue weighted by Crippen LogP contribution is -2.39. The zero-order valence-corrected chi connectivity index (χ0v) is 20.5. The highest BCUT2D eigenvalue weighted by Gasteiger charge is 2.15. The molecule has 1 aromatic heterocycles. The Kier molecular flexibility index (Phi) is 11.2. The van der Waals surface area contributed by atoms with E-state index < -0.39 is 11.7 Å². The van der Waals surface area contributed by atoms with Crippen LogP contribution in [0.5, 0.6) is 0 Å². The van der Waals surface area contributed by atoms with Gasteiger partial charge in [0.15, 0.2) is 5.96 Å². The summed E-state index contributed by atoms with van der Waals surface area (Å²) < 4.78 is 7.25. The van der Waals surface area contributed by atoms with Crippen molar-refractivity contribution in [3.63, 3.8) is 0 Å². The minimum Gasteiger partial charge on any atom is -0.444 e. The summed E-state index contributed by atoms with van der Waals surface area (Å²) in [5.41, 5.74) is 1.92. The van der Waals surface area contributed by atoms with Crippen LogP contribution < -0.4 is 16.0 Å². The number of imidazole rings is 1. The summed E-state index contributed by atoms with van der Waals surface area (Å²) in [5, 5.41) is 9.30. The largest absolute Gasteiger partial charge is 0.444 e. The number of halogens is 1. The van der Waals surface area contributed by atoms with E-state index in [-0.39, 0.29) is 24.0 Å². The van der Waals surface area contributed by atoms with Crippen LogP contribution in [-0.2, 0) is 17.8 Å². The third-order valence-corrected chi connectivity index (χ3v) is 3.91. The van der Waals surface area contributed by atoms with Crippen LogP contribution in [0.3, 0.4) is 0 Å². The van der Waals surface area contributed by atoms with Gasteiger partial charge in [-0.3, -0.25) is 4.99 Å². The SMILES string of the molecule is CN=C(NCCCNC(=O)OC(C)(C)C)NCc1cccc(Cn2ccnc2)c1.I. The van der Waals surface area contributed by atoms with E-state index in [1.54, 1.807) is 13.2 Å². The summed E-state index contributed by atoms with van der Waals surface area (Å²) in [4.78, 5) is 19.9. The van der Waals surface area contributed by atoms with Crippen molar-refractivity contribution in [2.45, 2.75) is 45.9 Å². The third-order valence-electron chi connectivity index (χ3n) is 3.91. The standard InChI is InChI=1S/C21H32N6O2.HI/c1-21(2,3)29-20(28)25-10-6-9-24-19(22-4)26-14-17-7-5-8-18(13-17)15-27-12-11-23-16-27;/h5,7-8,11-13,16H,6,9-10,14-15H2,1-4H3,(H,25,28)(H2,22,24,26);1H. The molecule has 1 heterocycles. The van der Waals surface area contributed by atoms with Crippen molar-refractivity contribution in [3.8, 4) is 0 Å². The zero-order chi connectivity index (χ0) is 21.1. The number of carbonyl (C=O) groups is 1. The molecule has 0 unspecified atom stereocenters. The molecule has 0 saturated heterocycles. The summed E-state index contributed by atoms with van der Waals surface area (Å²) >= 11 is 0. The van der Waals surface area contributed by atoms with Crippen molar-refractivity contribution in [1.82, 2.24) is 25.5 Å². The molecule has 0 spiro atoms. The number of guanidine groups is 1. The molecule has 0 saturated carbocycles. The number of benzene rings is 1. The van der Waals surface area contributed by atoms with Gasteiger partial charge in [0.05, 0.1) is 6.33 Å². The number of nitrogens with one attached hydrogen (secondary N) is 3. The summed E-state index contributed by atoms with van der Waals surface area (Å²) in [7, 11) is 1.74. The van der Waals surface area contributed by atoms with E-state index >= 15 is 0 Å². The molecule has 1 amide bonds. The fourth-order valence-electron chi connectivity index (χ4n) is 2.64. The molecule has 0 bridgehead atoms. The average Bonchev–Trinajstić information content (AvgIpc) is 3.16. The fourth-order valence-corrected chi connectivity index (χ4v) is 2.64. The van der Waals surface area contributed by atoms with Crippen LogP contribution in [0, 0.1) is 0 Å². The van der Waals surface area contributed by atoms with Crippen molar-refractivity contribution in [2.24, 2.45) is 4.99 Å². The molecule has 9 heteroatoms. The number of nitrogens with zero attached hydrogens (tertiary/aromatic N) is 3. The highest BCUT2D eigenvalue weighted by molar-refractivity contribution is 14.0. The molecule has 2 rings (SSSR count). The van der Waals surface area contributed by atoms with Gasteiger partial charge < -0.3 is 25.3 Å². The monoisotopic (exact) mass is 528 g/mol. The Morgan fingerprint density at radius 2 is 1.90 bits per heavy atom. The molecule has 30 heavy (non-hydrogen) atoms. The van der Waals surface area contributed by atoms with Gasteiger partial charge in [0, 0.05) is 45.6 Å². The van der Waals surface area contributed by atoms with E-state index in [0.717, 1.165) is 18.9 Å². The maximum atomic E-state index is 11.6. The molecule has 0 aliphatic carbocycles. The average molecular weight is 528 g/mol. The second-order valence-electron chi connectivity index (χ2n) is 7.69. The number of amides is 1. The lowest BCUT2D eigenvalue weighted by atomic mass is 10.1. The highest BCUT2D eigenvalue weighted by atomic mass is 127. The van der Waals surface area contributed by atoms with Gasteiger partial charge in [0.1, 0.15) is 5.60 Å². The minimum absolute atomic E-state index is 0. The number of rotatable bonds is 8. The fraction of sp³-hybridized carbons (Fsp3) is 0.476. The Morgan fingerprint density at radius 3 is 2.57 bits per heavy atom. The molecule has 0 aliphatic heterocycles. The van der Waals surface area contributed by atoms with Crippen LogP contribution in [0.1, 0.15) is 38.3 Å². The Morgan fingerprint density at radius 1 is 1.17 bits per heavy atom. The lowest BCUT2D eigenvalue weighted by molar-refractivity contribution is 0.0527. The predicted molar refractivity (Wildman–Crippen MR) is 130 cm³/mol. The molecule has 0 radical (unpaired) electrons. The van der Waals surface area contributed by atoms with Crippen LogP contribution in [0.15, 0.2) is 48.0 Å². The second kappa shape index (κ2) is 13.1. The molecule has 3 N–H and O–H groups in total. The quantitative estimate of drug-likeness (QED) is 0.212. The number of alkyl carbamates (subject to hydrolysis) is 1. The first-order valence-corrected chi connectivity index (χ1v) is 9.80. The molecule has 0 fully saturated rings. The first-order valence-electron chi connectivity index (χ1n) is 9.80.